The quantitative estimate of drug-likeness (QED) is 0.0422. The molecule has 4 nitrogen and oxygen atoms in total. The van der Waals surface area contributed by atoms with E-state index in [1.807, 2.05) is 6.08 Å². The van der Waals surface area contributed by atoms with Gasteiger partial charge in [0.05, 0.1) is 18.8 Å². The van der Waals surface area contributed by atoms with Crippen molar-refractivity contribution in [1.82, 2.24) is 5.32 Å². The molecule has 1 amide bonds. The lowest BCUT2D eigenvalue weighted by Gasteiger charge is -2.19. The summed E-state index contributed by atoms with van der Waals surface area (Å²) in [5.74, 6) is -0.0744. The van der Waals surface area contributed by atoms with Gasteiger partial charge in [-0.15, -0.1) is 0 Å². The number of hydrogen-bond donors (Lipinski definition) is 3. The van der Waals surface area contributed by atoms with Crippen LogP contribution in [0.5, 0.6) is 0 Å². The Labute approximate surface area is 382 Å². The summed E-state index contributed by atoms with van der Waals surface area (Å²) in [7, 11) is 0. The van der Waals surface area contributed by atoms with E-state index in [1.165, 1.54) is 231 Å². The van der Waals surface area contributed by atoms with Gasteiger partial charge < -0.3 is 15.5 Å². The summed E-state index contributed by atoms with van der Waals surface area (Å²) in [6.07, 6.45) is 72.7. The molecule has 2 atom stereocenters. The van der Waals surface area contributed by atoms with Crippen molar-refractivity contribution in [3.8, 4) is 0 Å². The van der Waals surface area contributed by atoms with Crippen LogP contribution in [0.2, 0.25) is 0 Å². The van der Waals surface area contributed by atoms with Crippen molar-refractivity contribution in [2.75, 3.05) is 6.61 Å². The SMILES string of the molecule is CCCCCCCCCC/C=C\CCCCCCCCCCCCCCCCCCCC(=O)NC(CO)C(O)/C=C/CC/C=C/CC/C=C/CCCCCCCCCCCC. The van der Waals surface area contributed by atoms with E-state index >= 15 is 0 Å². The third kappa shape index (κ3) is 49.2. The summed E-state index contributed by atoms with van der Waals surface area (Å²) >= 11 is 0. The van der Waals surface area contributed by atoms with E-state index in [0.717, 1.165) is 38.5 Å². The Morgan fingerprint density at radius 3 is 0.951 bits per heavy atom. The number of nitrogens with one attached hydrogen (secondary N) is 1. The normalized spacial score (nSPS) is 13.2. The molecule has 358 valence electrons. The van der Waals surface area contributed by atoms with Gasteiger partial charge in [0, 0.05) is 6.42 Å². The summed E-state index contributed by atoms with van der Waals surface area (Å²) in [4.78, 5) is 12.5. The number of carbonyl (C=O) groups excluding carboxylic acids is 1. The zero-order valence-electron chi connectivity index (χ0n) is 41.2. The number of hydrogen-bond acceptors (Lipinski definition) is 3. The molecule has 0 bridgehead atoms. The van der Waals surface area contributed by atoms with Crippen LogP contribution in [0.15, 0.2) is 48.6 Å². The number of allylic oxidation sites excluding steroid dienone is 7. The molecular formula is C57H107NO3. The molecule has 0 heterocycles. The fourth-order valence-electron chi connectivity index (χ4n) is 8.32. The fraction of sp³-hybridized carbons (Fsp3) is 0.842. The maximum absolute atomic E-state index is 12.5. The van der Waals surface area contributed by atoms with Crippen LogP contribution < -0.4 is 5.32 Å². The molecule has 0 saturated carbocycles. The van der Waals surface area contributed by atoms with Gasteiger partial charge in [0.1, 0.15) is 0 Å². The predicted octanol–water partition coefficient (Wildman–Crippen LogP) is 17.9. The molecular weight excluding hydrogens is 747 g/mol. The molecule has 0 aliphatic rings. The van der Waals surface area contributed by atoms with Crippen LogP contribution >= 0.6 is 0 Å². The molecule has 0 radical (unpaired) electrons. The van der Waals surface area contributed by atoms with E-state index in [9.17, 15) is 15.0 Å². The van der Waals surface area contributed by atoms with Gasteiger partial charge in [-0.05, 0) is 70.6 Å². The Morgan fingerprint density at radius 2 is 0.639 bits per heavy atom. The lowest BCUT2D eigenvalue weighted by atomic mass is 10.0. The maximum Gasteiger partial charge on any atom is 0.220 e. The molecule has 4 heteroatoms. The Balaban J connectivity index is 3.52. The van der Waals surface area contributed by atoms with Crippen molar-refractivity contribution in [3.05, 3.63) is 48.6 Å². The molecule has 61 heavy (non-hydrogen) atoms. The van der Waals surface area contributed by atoms with E-state index in [0.29, 0.717) is 6.42 Å². The second kappa shape index (κ2) is 52.7. The maximum atomic E-state index is 12.5. The average molecular weight is 854 g/mol. The number of unbranched alkanes of at least 4 members (excludes halogenated alkanes) is 37. The fourth-order valence-corrected chi connectivity index (χ4v) is 8.32. The van der Waals surface area contributed by atoms with Crippen LogP contribution in [-0.4, -0.2) is 34.9 Å². The lowest BCUT2D eigenvalue weighted by Crippen LogP contribution is -2.45. The van der Waals surface area contributed by atoms with E-state index in [2.05, 4.69) is 55.6 Å². The average Bonchev–Trinajstić information content (AvgIpc) is 3.26. The van der Waals surface area contributed by atoms with E-state index in [-0.39, 0.29) is 12.5 Å². The van der Waals surface area contributed by atoms with Crippen LogP contribution in [0.25, 0.3) is 0 Å². The van der Waals surface area contributed by atoms with E-state index in [4.69, 9.17) is 0 Å². The second-order valence-corrected chi connectivity index (χ2v) is 18.6. The first kappa shape index (κ1) is 59.4. The third-order valence-corrected chi connectivity index (χ3v) is 12.5. The van der Waals surface area contributed by atoms with Crippen molar-refractivity contribution in [1.29, 1.82) is 0 Å². The molecule has 3 N–H and O–H groups in total. The zero-order chi connectivity index (χ0) is 44.2. The highest BCUT2D eigenvalue weighted by Crippen LogP contribution is 2.16. The Morgan fingerprint density at radius 1 is 0.377 bits per heavy atom. The third-order valence-electron chi connectivity index (χ3n) is 12.5. The summed E-state index contributed by atoms with van der Waals surface area (Å²) in [6, 6.07) is -0.645. The number of amides is 1. The summed E-state index contributed by atoms with van der Waals surface area (Å²) < 4.78 is 0. The van der Waals surface area contributed by atoms with Crippen LogP contribution in [0.4, 0.5) is 0 Å². The largest absolute Gasteiger partial charge is 0.394 e. The van der Waals surface area contributed by atoms with Gasteiger partial charge in [0.25, 0.3) is 0 Å². The molecule has 2 unspecified atom stereocenters. The van der Waals surface area contributed by atoms with Gasteiger partial charge in [-0.25, -0.2) is 0 Å². The number of aliphatic hydroxyl groups is 2. The summed E-state index contributed by atoms with van der Waals surface area (Å²) in [5, 5.41) is 23.1. The van der Waals surface area contributed by atoms with Crippen LogP contribution in [0, 0.1) is 0 Å². The van der Waals surface area contributed by atoms with Crippen molar-refractivity contribution >= 4 is 5.91 Å². The molecule has 0 aromatic heterocycles. The van der Waals surface area contributed by atoms with Gasteiger partial charge in [0.2, 0.25) is 5.91 Å². The van der Waals surface area contributed by atoms with Gasteiger partial charge in [0.15, 0.2) is 0 Å². The monoisotopic (exact) mass is 854 g/mol. The van der Waals surface area contributed by atoms with E-state index < -0.39 is 12.1 Å². The highest BCUT2D eigenvalue weighted by molar-refractivity contribution is 5.76. The smallest absolute Gasteiger partial charge is 0.220 e. The van der Waals surface area contributed by atoms with Crippen LogP contribution in [0.1, 0.15) is 290 Å². The number of carbonyl (C=O) groups is 1. The second-order valence-electron chi connectivity index (χ2n) is 18.6. The predicted molar refractivity (Wildman–Crippen MR) is 271 cm³/mol. The minimum atomic E-state index is -0.870. The molecule has 0 aromatic rings. The zero-order valence-corrected chi connectivity index (χ0v) is 41.2. The first-order chi connectivity index (χ1) is 30.2. The van der Waals surface area contributed by atoms with Gasteiger partial charge in [-0.1, -0.05) is 262 Å². The van der Waals surface area contributed by atoms with Crippen LogP contribution in [-0.2, 0) is 4.79 Å². The van der Waals surface area contributed by atoms with Crippen molar-refractivity contribution in [2.24, 2.45) is 0 Å². The topological polar surface area (TPSA) is 69.6 Å². The molecule has 0 fully saturated rings. The number of aliphatic hydroxyl groups excluding tert-OH is 2. The van der Waals surface area contributed by atoms with Crippen molar-refractivity contribution in [2.45, 2.75) is 302 Å². The molecule has 0 spiro atoms. The molecule has 0 saturated heterocycles. The molecule has 0 aromatic carbocycles. The first-order valence-electron chi connectivity index (χ1n) is 27.4. The molecule has 0 aliphatic heterocycles. The minimum absolute atomic E-state index is 0.0744. The van der Waals surface area contributed by atoms with Crippen LogP contribution in [0.3, 0.4) is 0 Å². The Bertz CT molecular complexity index is 970. The summed E-state index contributed by atoms with van der Waals surface area (Å²) in [5.41, 5.74) is 0. The number of rotatable bonds is 50. The van der Waals surface area contributed by atoms with Gasteiger partial charge in [-0.3, -0.25) is 4.79 Å². The van der Waals surface area contributed by atoms with Gasteiger partial charge in [-0.2, -0.15) is 0 Å². The standard InChI is InChI=1S/C57H107NO3/c1-3-5-7-9-11-13-15-17-19-21-23-25-26-27-28-29-30-31-32-33-35-37-39-41-43-45-47-49-51-53-57(61)58-55(54-59)56(60)52-50-48-46-44-42-40-38-36-34-24-22-20-18-16-14-12-10-8-6-4-2/h21,23,34,36,42,44,50,52,55-56,59-60H,3-20,22,24-33,35,37-41,43,45-49,51,53-54H2,1-2H3,(H,58,61)/b23-21-,36-34+,44-42+,52-50+. The van der Waals surface area contributed by atoms with Crippen molar-refractivity contribution < 1.29 is 15.0 Å². The highest BCUT2D eigenvalue weighted by atomic mass is 16.3. The minimum Gasteiger partial charge on any atom is -0.394 e. The summed E-state index contributed by atoms with van der Waals surface area (Å²) in [6.45, 7) is 4.31. The first-order valence-corrected chi connectivity index (χ1v) is 27.4. The molecule has 0 rings (SSSR count). The van der Waals surface area contributed by atoms with E-state index in [1.54, 1.807) is 6.08 Å². The lowest BCUT2D eigenvalue weighted by molar-refractivity contribution is -0.123. The highest BCUT2D eigenvalue weighted by Gasteiger charge is 2.18. The molecule has 0 aliphatic carbocycles. The van der Waals surface area contributed by atoms with Gasteiger partial charge >= 0.3 is 0 Å². The Kier molecular flexibility index (Phi) is 51.3. The Hall–Kier alpha value is -1.65. The van der Waals surface area contributed by atoms with Crippen molar-refractivity contribution in [3.63, 3.8) is 0 Å².